The fourth-order valence-corrected chi connectivity index (χ4v) is 1.57. The van der Waals surface area contributed by atoms with E-state index < -0.39 is 0 Å². The van der Waals surface area contributed by atoms with E-state index in [0.717, 1.165) is 25.7 Å². The third kappa shape index (κ3) is 10.1. The van der Waals surface area contributed by atoms with Gasteiger partial charge in [-0.1, -0.05) is 25.0 Å². The number of unbranched alkanes of at least 4 members (excludes halogenated alkanes) is 4. The minimum atomic E-state index is -0.0375. The molecule has 0 radical (unpaired) electrons. The van der Waals surface area contributed by atoms with Crippen LogP contribution in [-0.2, 0) is 9.47 Å². The van der Waals surface area contributed by atoms with Gasteiger partial charge in [-0.2, -0.15) is 0 Å². The lowest BCUT2D eigenvalue weighted by atomic mass is 10.1. The molecule has 0 saturated heterocycles. The summed E-state index contributed by atoms with van der Waals surface area (Å²) in [4.78, 5) is 0. The molecule has 0 bridgehead atoms. The Morgan fingerprint density at radius 3 is 2.19 bits per heavy atom. The Bertz CT molecular complexity index is 153. The third-order valence-electron chi connectivity index (χ3n) is 2.55. The van der Waals surface area contributed by atoms with Gasteiger partial charge < -0.3 is 14.6 Å². The molecule has 96 valence electrons. The first-order chi connectivity index (χ1) is 7.85. The standard InChI is InChI=1S/C13H26O3/c1-15-13(16-2)11-9-7-5-3-4-6-8-10-12-14/h6,8,13-14H,3-5,7,9-12H2,1-2H3/b8-6+. The summed E-state index contributed by atoms with van der Waals surface area (Å²) in [6.45, 7) is 0.256. The quantitative estimate of drug-likeness (QED) is 0.337. The molecule has 0 heterocycles. The first-order valence-corrected chi connectivity index (χ1v) is 6.16. The third-order valence-corrected chi connectivity index (χ3v) is 2.55. The molecule has 0 aromatic carbocycles. The van der Waals surface area contributed by atoms with Crippen LogP contribution >= 0.6 is 0 Å². The molecule has 0 aliphatic rings. The van der Waals surface area contributed by atoms with Crippen molar-refractivity contribution >= 4 is 0 Å². The van der Waals surface area contributed by atoms with Gasteiger partial charge in [-0.25, -0.2) is 0 Å². The van der Waals surface area contributed by atoms with E-state index in [1.165, 1.54) is 19.3 Å². The summed E-state index contributed by atoms with van der Waals surface area (Å²) in [6.07, 6.45) is 11.9. The number of aliphatic hydroxyl groups is 1. The van der Waals surface area contributed by atoms with Crippen LogP contribution in [0, 0.1) is 0 Å². The molecule has 0 unspecified atom stereocenters. The molecule has 3 nitrogen and oxygen atoms in total. The predicted molar refractivity (Wildman–Crippen MR) is 66.4 cm³/mol. The zero-order valence-electron chi connectivity index (χ0n) is 10.7. The molecule has 16 heavy (non-hydrogen) atoms. The number of hydrogen-bond acceptors (Lipinski definition) is 3. The summed E-state index contributed by atoms with van der Waals surface area (Å²) in [7, 11) is 3.36. The number of ether oxygens (including phenoxy) is 2. The Balaban J connectivity index is 3.15. The van der Waals surface area contributed by atoms with Crippen LogP contribution < -0.4 is 0 Å². The molecular formula is C13H26O3. The summed E-state index contributed by atoms with van der Waals surface area (Å²) in [6, 6.07) is 0. The molecule has 0 aromatic heterocycles. The minimum absolute atomic E-state index is 0.0375. The van der Waals surface area contributed by atoms with Crippen molar-refractivity contribution < 1.29 is 14.6 Å². The second-order valence-corrected chi connectivity index (χ2v) is 3.88. The van der Waals surface area contributed by atoms with Gasteiger partial charge in [0, 0.05) is 20.8 Å². The van der Waals surface area contributed by atoms with E-state index in [1.807, 2.05) is 6.08 Å². The minimum Gasteiger partial charge on any atom is -0.396 e. The number of aliphatic hydroxyl groups excluding tert-OH is 1. The molecule has 0 rings (SSSR count). The van der Waals surface area contributed by atoms with Crippen molar-refractivity contribution in [3.8, 4) is 0 Å². The van der Waals surface area contributed by atoms with Crippen LogP contribution in [0.1, 0.15) is 44.9 Å². The molecule has 0 spiro atoms. The molecule has 0 aromatic rings. The maximum Gasteiger partial charge on any atom is 0.156 e. The number of rotatable bonds is 11. The maximum atomic E-state index is 8.56. The summed E-state index contributed by atoms with van der Waals surface area (Å²) < 4.78 is 10.2. The Labute approximate surface area is 99.5 Å². The lowest BCUT2D eigenvalue weighted by Gasteiger charge is -2.12. The summed E-state index contributed by atoms with van der Waals surface area (Å²) in [5, 5.41) is 8.56. The SMILES string of the molecule is COC(CCCCCC/C=C/CCO)OC. The van der Waals surface area contributed by atoms with Gasteiger partial charge in [-0.15, -0.1) is 0 Å². The van der Waals surface area contributed by atoms with Crippen LogP contribution in [0.5, 0.6) is 0 Å². The Morgan fingerprint density at radius 1 is 0.938 bits per heavy atom. The first-order valence-electron chi connectivity index (χ1n) is 6.16. The average molecular weight is 230 g/mol. The monoisotopic (exact) mass is 230 g/mol. The topological polar surface area (TPSA) is 38.7 Å². The van der Waals surface area contributed by atoms with Crippen LogP contribution in [0.4, 0.5) is 0 Å². The molecule has 0 aliphatic carbocycles. The lowest BCUT2D eigenvalue weighted by molar-refractivity contribution is -0.107. The molecule has 0 aliphatic heterocycles. The lowest BCUT2D eigenvalue weighted by Crippen LogP contribution is -2.12. The van der Waals surface area contributed by atoms with Crippen LogP contribution in [-0.4, -0.2) is 32.2 Å². The smallest absolute Gasteiger partial charge is 0.156 e. The maximum absolute atomic E-state index is 8.56. The molecule has 0 amide bonds. The van der Waals surface area contributed by atoms with Crippen LogP contribution in [0.15, 0.2) is 12.2 Å². The van der Waals surface area contributed by atoms with Gasteiger partial charge in [0.05, 0.1) is 0 Å². The van der Waals surface area contributed by atoms with Gasteiger partial charge in [0.1, 0.15) is 0 Å². The van der Waals surface area contributed by atoms with Crippen LogP contribution in [0.2, 0.25) is 0 Å². The van der Waals surface area contributed by atoms with E-state index in [-0.39, 0.29) is 12.9 Å². The van der Waals surface area contributed by atoms with E-state index in [9.17, 15) is 0 Å². The second-order valence-electron chi connectivity index (χ2n) is 3.88. The second kappa shape index (κ2) is 12.7. The van der Waals surface area contributed by atoms with Gasteiger partial charge in [0.25, 0.3) is 0 Å². The van der Waals surface area contributed by atoms with E-state index in [0.29, 0.717) is 0 Å². The fraction of sp³-hybridized carbons (Fsp3) is 0.846. The summed E-state index contributed by atoms with van der Waals surface area (Å²) in [5.74, 6) is 0. The molecular weight excluding hydrogens is 204 g/mol. The zero-order chi connectivity index (χ0) is 12.1. The Morgan fingerprint density at radius 2 is 1.56 bits per heavy atom. The van der Waals surface area contributed by atoms with Crippen LogP contribution in [0.3, 0.4) is 0 Å². The highest BCUT2D eigenvalue weighted by molar-refractivity contribution is 4.80. The molecule has 0 saturated carbocycles. The Hall–Kier alpha value is -0.380. The fourth-order valence-electron chi connectivity index (χ4n) is 1.57. The highest BCUT2D eigenvalue weighted by Gasteiger charge is 2.03. The highest BCUT2D eigenvalue weighted by atomic mass is 16.7. The van der Waals surface area contributed by atoms with E-state index in [2.05, 4.69) is 6.08 Å². The summed E-state index contributed by atoms with van der Waals surface area (Å²) >= 11 is 0. The number of allylic oxidation sites excluding steroid dienone is 1. The predicted octanol–water partition coefficient (Wildman–Crippen LogP) is 2.88. The van der Waals surface area contributed by atoms with Crippen molar-refractivity contribution in [1.29, 1.82) is 0 Å². The first kappa shape index (κ1) is 15.6. The molecule has 1 N–H and O–H groups in total. The molecule has 3 heteroatoms. The van der Waals surface area contributed by atoms with Crippen molar-refractivity contribution in [2.45, 2.75) is 51.2 Å². The van der Waals surface area contributed by atoms with Crippen molar-refractivity contribution in [3.63, 3.8) is 0 Å². The normalized spacial score (nSPS) is 11.8. The van der Waals surface area contributed by atoms with Crippen molar-refractivity contribution in [2.24, 2.45) is 0 Å². The number of methoxy groups -OCH3 is 2. The number of hydrogen-bond donors (Lipinski definition) is 1. The zero-order valence-corrected chi connectivity index (χ0v) is 10.7. The average Bonchev–Trinajstić information content (AvgIpc) is 2.32. The van der Waals surface area contributed by atoms with Gasteiger partial charge in [-0.3, -0.25) is 0 Å². The van der Waals surface area contributed by atoms with Gasteiger partial charge in [0.2, 0.25) is 0 Å². The van der Waals surface area contributed by atoms with Crippen molar-refractivity contribution in [3.05, 3.63) is 12.2 Å². The Kier molecular flexibility index (Phi) is 12.4. The summed E-state index contributed by atoms with van der Waals surface area (Å²) in [5.41, 5.74) is 0. The van der Waals surface area contributed by atoms with Crippen LogP contribution in [0.25, 0.3) is 0 Å². The van der Waals surface area contributed by atoms with Crippen molar-refractivity contribution in [2.75, 3.05) is 20.8 Å². The van der Waals surface area contributed by atoms with Gasteiger partial charge in [-0.05, 0) is 32.1 Å². The van der Waals surface area contributed by atoms with E-state index >= 15 is 0 Å². The molecule has 0 atom stereocenters. The van der Waals surface area contributed by atoms with E-state index in [4.69, 9.17) is 14.6 Å². The molecule has 0 fully saturated rings. The highest BCUT2D eigenvalue weighted by Crippen LogP contribution is 2.09. The van der Waals surface area contributed by atoms with Crippen molar-refractivity contribution in [1.82, 2.24) is 0 Å². The van der Waals surface area contributed by atoms with Gasteiger partial charge >= 0.3 is 0 Å². The largest absolute Gasteiger partial charge is 0.396 e. The van der Waals surface area contributed by atoms with Gasteiger partial charge in [0.15, 0.2) is 6.29 Å². The van der Waals surface area contributed by atoms with E-state index in [1.54, 1.807) is 14.2 Å².